The maximum atomic E-state index is 10.0. The Morgan fingerprint density at radius 1 is 1.11 bits per heavy atom. The van der Waals surface area contributed by atoms with E-state index in [-0.39, 0.29) is 6.10 Å². The van der Waals surface area contributed by atoms with E-state index in [1.54, 1.807) is 5.57 Å². The van der Waals surface area contributed by atoms with Crippen LogP contribution in [-0.2, 0) is 0 Å². The van der Waals surface area contributed by atoms with Crippen LogP contribution in [0.3, 0.4) is 0 Å². The number of aliphatic hydroxyl groups is 1. The van der Waals surface area contributed by atoms with Gasteiger partial charge in [0.15, 0.2) is 0 Å². The number of hydrogen-bond acceptors (Lipinski definition) is 1. The Kier molecular flexibility index (Phi) is 7.29. The molecule has 28 heavy (non-hydrogen) atoms. The molecule has 0 saturated heterocycles. The van der Waals surface area contributed by atoms with Gasteiger partial charge in [-0.05, 0) is 86.0 Å². The molecule has 1 N–H and O–H groups in total. The summed E-state index contributed by atoms with van der Waals surface area (Å²) >= 11 is 0. The molecule has 0 aromatic carbocycles. The van der Waals surface area contributed by atoms with E-state index in [1.807, 2.05) is 0 Å². The Morgan fingerprint density at radius 3 is 2.64 bits per heavy atom. The molecule has 0 unspecified atom stereocenters. The smallest absolute Gasteiger partial charge is 0.0583 e. The van der Waals surface area contributed by atoms with Gasteiger partial charge in [0.1, 0.15) is 0 Å². The van der Waals surface area contributed by atoms with Crippen LogP contribution in [0.25, 0.3) is 0 Å². The Balaban J connectivity index is 1.70. The fourth-order valence-electron chi connectivity index (χ4n) is 6.66. The highest BCUT2D eigenvalue weighted by Gasteiger charge is 2.50. The summed E-state index contributed by atoms with van der Waals surface area (Å²) in [5.41, 5.74) is 4.72. The molecule has 3 saturated carbocycles. The highest BCUT2D eigenvalue weighted by molar-refractivity contribution is 5.36. The van der Waals surface area contributed by atoms with Crippen molar-refractivity contribution < 1.29 is 5.11 Å². The van der Waals surface area contributed by atoms with Gasteiger partial charge in [-0.25, -0.2) is 0 Å². The molecule has 5 atom stereocenters. The van der Waals surface area contributed by atoms with Crippen LogP contribution in [0.15, 0.2) is 35.5 Å². The average Bonchev–Trinajstić information content (AvgIpc) is 2.99. The summed E-state index contributed by atoms with van der Waals surface area (Å²) in [6.07, 6.45) is 18.2. The van der Waals surface area contributed by atoms with E-state index in [4.69, 9.17) is 0 Å². The van der Waals surface area contributed by atoms with E-state index in [9.17, 15) is 5.11 Å². The van der Waals surface area contributed by atoms with Crippen LogP contribution in [-0.4, -0.2) is 11.2 Å². The molecule has 0 aliphatic heterocycles. The van der Waals surface area contributed by atoms with Crippen LogP contribution in [0.5, 0.6) is 0 Å². The molecule has 0 aromatic rings. The number of fused-ring (bicyclic) bond motifs is 1. The van der Waals surface area contributed by atoms with Crippen molar-refractivity contribution in [1.82, 2.24) is 0 Å². The van der Waals surface area contributed by atoms with Crippen molar-refractivity contribution in [3.8, 4) is 0 Å². The van der Waals surface area contributed by atoms with Crippen LogP contribution in [0, 0.1) is 29.1 Å². The second-order valence-electron chi connectivity index (χ2n) is 10.8. The predicted molar refractivity (Wildman–Crippen MR) is 121 cm³/mol. The SMILES string of the molecule is C=C1CC[C@H](O)C/C1=C/C=C1\CCC[C@]2(C)[C@@H]1CC[C@H]2[C@@H](C)CCCC(C)C. The Bertz CT molecular complexity index is 610. The lowest BCUT2D eigenvalue weighted by molar-refractivity contribution is 0.0929. The van der Waals surface area contributed by atoms with Crippen molar-refractivity contribution in [3.05, 3.63) is 35.5 Å². The lowest BCUT2D eigenvalue weighted by Crippen LogP contribution is -2.36. The Hall–Kier alpha value is -0.820. The zero-order valence-corrected chi connectivity index (χ0v) is 19.0. The van der Waals surface area contributed by atoms with Gasteiger partial charge in [0, 0.05) is 0 Å². The number of aliphatic hydroxyl groups excluding tert-OH is 1. The first-order valence-corrected chi connectivity index (χ1v) is 12.1. The van der Waals surface area contributed by atoms with Gasteiger partial charge >= 0.3 is 0 Å². The summed E-state index contributed by atoms with van der Waals surface area (Å²) in [6.45, 7) is 14.1. The maximum Gasteiger partial charge on any atom is 0.0583 e. The molecule has 158 valence electrons. The standard InChI is InChI=1S/C27H44O/c1-19(2)8-6-9-21(4)25-15-16-26-22(10-7-17-27(25,26)5)12-13-23-18-24(28)14-11-20(23)3/h12-13,19,21,24-26,28H,3,6-11,14-18H2,1-2,4-5H3/b22-12+,23-13-/t21-,24-,25-,26+,27-/m0/s1. The predicted octanol–water partition coefficient (Wildman–Crippen LogP) is 7.62. The second-order valence-corrected chi connectivity index (χ2v) is 10.8. The lowest BCUT2D eigenvalue weighted by Gasteiger charge is -2.44. The Morgan fingerprint density at radius 2 is 1.89 bits per heavy atom. The molecule has 0 bridgehead atoms. The van der Waals surface area contributed by atoms with E-state index >= 15 is 0 Å². The molecular weight excluding hydrogens is 340 g/mol. The van der Waals surface area contributed by atoms with Crippen LogP contribution >= 0.6 is 0 Å². The van der Waals surface area contributed by atoms with Gasteiger partial charge in [-0.1, -0.05) is 76.8 Å². The van der Waals surface area contributed by atoms with Crippen LogP contribution in [0.2, 0.25) is 0 Å². The fourth-order valence-corrected chi connectivity index (χ4v) is 6.66. The minimum atomic E-state index is -0.172. The fraction of sp³-hybridized carbons (Fsp3) is 0.778. The summed E-state index contributed by atoms with van der Waals surface area (Å²) in [4.78, 5) is 0. The molecule has 0 spiro atoms. The van der Waals surface area contributed by atoms with Gasteiger partial charge in [0.25, 0.3) is 0 Å². The van der Waals surface area contributed by atoms with Crippen LogP contribution < -0.4 is 0 Å². The summed E-state index contributed by atoms with van der Waals surface area (Å²) in [6, 6.07) is 0. The van der Waals surface area contributed by atoms with Gasteiger partial charge in [0.05, 0.1) is 6.10 Å². The topological polar surface area (TPSA) is 20.2 Å². The number of rotatable bonds is 6. The van der Waals surface area contributed by atoms with E-state index < -0.39 is 0 Å². The molecule has 1 nitrogen and oxygen atoms in total. The van der Waals surface area contributed by atoms with Gasteiger partial charge in [-0.2, -0.15) is 0 Å². The van der Waals surface area contributed by atoms with Crippen molar-refractivity contribution in [1.29, 1.82) is 0 Å². The minimum absolute atomic E-state index is 0.172. The van der Waals surface area contributed by atoms with Gasteiger partial charge < -0.3 is 5.11 Å². The second kappa shape index (κ2) is 9.33. The highest BCUT2D eigenvalue weighted by atomic mass is 16.3. The summed E-state index contributed by atoms with van der Waals surface area (Å²) in [5, 5.41) is 10.0. The van der Waals surface area contributed by atoms with E-state index in [2.05, 4.69) is 46.4 Å². The molecule has 0 aromatic heterocycles. The third kappa shape index (κ3) is 4.84. The monoisotopic (exact) mass is 384 g/mol. The Labute approximate surface area is 174 Å². The zero-order chi connectivity index (χ0) is 20.3. The molecule has 3 aliphatic rings. The molecular formula is C27H44O. The molecule has 3 fully saturated rings. The first-order chi connectivity index (χ1) is 13.3. The summed E-state index contributed by atoms with van der Waals surface area (Å²) in [7, 11) is 0. The number of allylic oxidation sites excluding steroid dienone is 4. The van der Waals surface area contributed by atoms with Crippen molar-refractivity contribution >= 4 is 0 Å². The van der Waals surface area contributed by atoms with Crippen molar-refractivity contribution in [2.75, 3.05) is 0 Å². The lowest BCUT2D eigenvalue weighted by atomic mass is 9.60. The average molecular weight is 385 g/mol. The zero-order valence-electron chi connectivity index (χ0n) is 19.0. The van der Waals surface area contributed by atoms with Gasteiger partial charge in [-0.15, -0.1) is 0 Å². The van der Waals surface area contributed by atoms with Gasteiger partial charge in [-0.3, -0.25) is 0 Å². The van der Waals surface area contributed by atoms with Crippen molar-refractivity contribution in [2.45, 2.75) is 104 Å². The minimum Gasteiger partial charge on any atom is -0.393 e. The van der Waals surface area contributed by atoms with Crippen LogP contribution in [0.1, 0.15) is 98.3 Å². The van der Waals surface area contributed by atoms with E-state index in [1.165, 1.54) is 62.5 Å². The van der Waals surface area contributed by atoms with Crippen LogP contribution in [0.4, 0.5) is 0 Å². The normalized spacial score (nSPS) is 37.6. The molecule has 0 heterocycles. The summed E-state index contributed by atoms with van der Waals surface area (Å²) in [5.74, 6) is 3.37. The molecule has 3 rings (SSSR count). The molecule has 0 radical (unpaired) electrons. The maximum absolute atomic E-state index is 10.0. The number of hydrogen-bond donors (Lipinski definition) is 1. The first kappa shape index (κ1) is 21.9. The molecule has 1 heteroatoms. The molecule has 3 aliphatic carbocycles. The van der Waals surface area contributed by atoms with Gasteiger partial charge in [0.2, 0.25) is 0 Å². The summed E-state index contributed by atoms with van der Waals surface area (Å²) < 4.78 is 0. The largest absolute Gasteiger partial charge is 0.393 e. The third-order valence-electron chi connectivity index (χ3n) is 8.35. The molecule has 0 amide bonds. The van der Waals surface area contributed by atoms with E-state index in [0.29, 0.717) is 5.41 Å². The third-order valence-corrected chi connectivity index (χ3v) is 8.35. The van der Waals surface area contributed by atoms with E-state index in [0.717, 1.165) is 42.9 Å². The highest BCUT2D eigenvalue weighted by Crippen LogP contribution is 2.59. The first-order valence-electron chi connectivity index (χ1n) is 12.1. The van der Waals surface area contributed by atoms with Crippen molar-refractivity contribution in [2.24, 2.45) is 29.1 Å². The quantitative estimate of drug-likeness (QED) is 0.499. The van der Waals surface area contributed by atoms with Crippen molar-refractivity contribution in [3.63, 3.8) is 0 Å².